The molecule has 0 spiro atoms. The smallest absolute Gasteiger partial charge is 0.127 e. The van der Waals surface area contributed by atoms with E-state index in [-0.39, 0.29) is 5.54 Å². The van der Waals surface area contributed by atoms with E-state index in [4.69, 9.17) is 15.2 Å². The lowest BCUT2D eigenvalue weighted by atomic mass is 10.0. The zero-order valence-electron chi connectivity index (χ0n) is 8.54. The Balaban J connectivity index is 2.40. The van der Waals surface area contributed by atoms with Gasteiger partial charge >= 0.3 is 0 Å². The Hall–Kier alpha value is -1.22. The summed E-state index contributed by atoms with van der Waals surface area (Å²) in [5.74, 6) is 1.62. The third kappa shape index (κ3) is 1.44. The van der Waals surface area contributed by atoms with Gasteiger partial charge in [-0.1, -0.05) is 0 Å². The van der Waals surface area contributed by atoms with Gasteiger partial charge in [0.1, 0.15) is 11.5 Å². The lowest BCUT2D eigenvalue weighted by Gasteiger charge is -2.14. The van der Waals surface area contributed by atoms with Crippen molar-refractivity contribution >= 4 is 0 Å². The van der Waals surface area contributed by atoms with Gasteiger partial charge in [-0.2, -0.15) is 0 Å². The molecule has 2 N–H and O–H groups in total. The van der Waals surface area contributed by atoms with E-state index in [1.807, 2.05) is 18.2 Å². The van der Waals surface area contributed by atoms with Crippen molar-refractivity contribution in [1.29, 1.82) is 0 Å². The van der Waals surface area contributed by atoms with Crippen molar-refractivity contribution in [3.63, 3.8) is 0 Å². The third-order valence-corrected chi connectivity index (χ3v) is 2.73. The second-order valence-corrected chi connectivity index (χ2v) is 3.72. The maximum Gasteiger partial charge on any atom is 0.127 e. The summed E-state index contributed by atoms with van der Waals surface area (Å²) in [4.78, 5) is 0. The van der Waals surface area contributed by atoms with Crippen LogP contribution in [0.15, 0.2) is 18.2 Å². The molecular weight excluding hydrogens is 178 g/mol. The molecule has 0 amide bonds. The van der Waals surface area contributed by atoms with Gasteiger partial charge in [0.05, 0.1) is 14.2 Å². The molecule has 1 saturated carbocycles. The van der Waals surface area contributed by atoms with Crippen LogP contribution >= 0.6 is 0 Å². The molecule has 14 heavy (non-hydrogen) atoms. The van der Waals surface area contributed by atoms with Crippen LogP contribution in [0.1, 0.15) is 18.4 Å². The maximum atomic E-state index is 6.11. The van der Waals surface area contributed by atoms with E-state index in [0.717, 1.165) is 29.9 Å². The summed E-state index contributed by atoms with van der Waals surface area (Å²) in [7, 11) is 3.30. The Morgan fingerprint density at radius 3 is 2.43 bits per heavy atom. The van der Waals surface area contributed by atoms with Crippen molar-refractivity contribution in [2.45, 2.75) is 18.4 Å². The molecule has 0 radical (unpaired) electrons. The normalized spacial score (nSPS) is 17.6. The number of methoxy groups -OCH3 is 2. The van der Waals surface area contributed by atoms with E-state index in [1.54, 1.807) is 14.2 Å². The molecule has 2 rings (SSSR count). The van der Waals surface area contributed by atoms with E-state index in [0.29, 0.717) is 0 Å². The van der Waals surface area contributed by atoms with Crippen molar-refractivity contribution in [1.82, 2.24) is 0 Å². The highest BCUT2D eigenvalue weighted by molar-refractivity contribution is 5.46. The topological polar surface area (TPSA) is 44.5 Å². The molecule has 76 valence electrons. The van der Waals surface area contributed by atoms with Crippen LogP contribution in [-0.2, 0) is 5.54 Å². The largest absolute Gasteiger partial charge is 0.497 e. The van der Waals surface area contributed by atoms with Crippen LogP contribution in [0.2, 0.25) is 0 Å². The molecular formula is C11H15NO2. The van der Waals surface area contributed by atoms with Crippen molar-refractivity contribution in [2.75, 3.05) is 14.2 Å². The highest BCUT2D eigenvalue weighted by Crippen LogP contribution is 2.47. The number of ether oxygens (including phenoxy) is 2. The summed E-state index contributed by atoms with van der Waals surface area (Å²) in [6.07, 6.45) is 2.07. The van der Waals surface area contributed by atoms with Crippen LogP contribution in [-0.4, -0.2) is 14.2 Å². The first-order valence-electron chi connectivity index (χ1n) is 4.71. The van der Waals surface area contributed by atoms with Gasteiger partial charge in [0.2, 0.25) is 0 Å². The molecule has 0 bridgehead atoms. The Morgan fingerprint density at radius 2 is 1.93 bits per heavy atom. The molecule has 0 heterocycles. The van der Waals surface area contributed by atoms with E-state index in [9.17, 15) is 0 Å². The summed E-state index contributed by atoms with van der Waals surface area (Å²) >= 11 is 0. The van der Waals surface area contributed by atoms with Crippen molar-refractivity contribution in [3.05, 3.63) is 23.8 Å². The fourth-order valence-electron chi connectivity index (χ4n) is 1.61. The molecule has 0 aliphatic heterocycles. The van der Waals surface area contributed by atoms with Gasteiger partial charge < -0.3 is 15.2 Å². The summed E-state index contributed by atoms with van der Waals surface area (Å²) in [5, 5.41) is 0. The quantitative estimate of drug-likeness (QED) is 0.793. The SMILES string of the molecule is COc1ccc(C2(N)CC2)c(OC)c1. The molecule has 0 unspecified atom stereocenters. The van der Waals surface area contributed by atoms with Crippen molar-refractivity contribution in [3.8, 4) is 11.5 Å². The molecule has 3 nitrogen and oxygen atoms in total. The van der Waals surface area contributed by atoms with Crippen LogP contribution in [0.25, 0.3) is 0 Å². The monoisotopic (exact) mass is 193 g/mol. The zero-order valence-corrected chi connectivity index (χ0v) is 8.54. The molecule has 1 aromatic carbocycles. The second-order valence-electron chi connectivity index (χ2n) is 3.72. The molecule has 1 aliphatic carbocycles. The van der Waals surface area contributed by atoms with Crippen LogP contribution in [0.3, 0.4) is 0 Å². The number of nitrogens with two attached hydrogens (primary N) is 1. The molecule has 0 atom stereocenters. The van der Waals surface area contributed by atoms with Gasteiger partial charge in [-0.25, -0.2) is 0 Å². The predicted octanol–water partition coefficient (Wildman–Crippen LogP) is 1.65. The summed E-state index contributed by atoms with van der Waals surface area (Å²) in [6.45, 7) is 0. The lowest BCUT2D eigenvalue weighted by Crippen LogP contribution is -2.19. The maximum absolute atomic E-state index is 6.11. The van der Waals surface area contributed by atoms with E-state index < -0.39 is 0 Å². The minimum atomic E-state index is -0.155. The standard InChI is InChI=1S/C11H15NO2/c1-13-8-3-4-9(10(7-8)14-2)11(12)5-6-11/h3-4,7H,5-6,12H2,1-2H3. The summed E-state index contributed by atoms with van der Waals surface area (Å²) in [5.41, 5.74) is 7.04. The van der Waals surface area contributed by atoms with Crippen LogP contribution in [0.4, 0.5) is 0 Å². The Morgan fingerprint density at radius 1 is 1.21 bits per heavy atom. The Labute approximate surface area is 83.8 Å². The van der Waals surface area contributed by atoms with Gasteiger partial charge in [-0.15, -0.1) is 0 Å². The van der Waals surface area contributed by atoms with Crippen LogP contribution < -0.4 is 15.2 Å². The Kier molecular flexibility index (Phi) is 2.11. The first-order valence-corrected chi connectivity index (χ1v) is 4.71. The summed E-state index contributed by atoms with van der Waals surface area (Å²) in [6, 6.07) is 5.79. The van der Waals surface area contributed by atoms with Gasteiger partial charge in [0.15, 0.2) is 0 Å². The van der Waals surface area contributed by atoms with E-state index >= 15 is 0 Å². The van der Waals surface area contributed by atoms with Gasteiger partial charge in [-0.3, -0.25) is 0 Å². The highest BCUT2D eigenvalue weighted by Gasteiger charge is 2.42. The summed E-state index contributed by atoms with van der Waals surface area (Å²) < 4.78 is 10.4. The molecule has 0 aromatic heterocycles. The highest BCUT2D eigenvalue weighted by atomic mass is 16.5. The Bertz CT molecular complexity index is 345. The number of benzene rings is 1. The molecule has 1 fully saturated rings. The second kappa shape index (κ2) is 3.17. The fraction of sp³-hybridized carbons (Fsp3) is 0.455. The van der Waals surface area contributed by atoms with Crippen molar-refractivity contribution < 1.29 is 9.47 Å². The number of hydrogen-bond acceptors (Lipinski definition) is 3. The minimum absolute atomic E-state index is 0.155. The number of hydrogen-bond donors (Lipinski definition) is 1. The number of rotatable bonds is 3. The van der Waals surface area contributed by atoms with Crippen molar-refractivity contribution in [2.24, 2.45) is 5.73 Å². The fourth-order valence-corrected chi connectivity index (χ4v) is 1.61. The first-order chi connectivity index (χ1) is 6.69. The van der Waals surface area contributed by atoms with Gasteiger partial charge in [-0.05, 0) is 25.0 Å². The van der Waals surface area contributed by atoms with Gasteiger partial charge in [0, 0.05) is 17.2 Å². The zero-order chi connectivity index (χ0) is 10.2. The lowest BCUT2D eigenvalue weighted by molar-refractivity contribution is 0.387. The average Bonchev–Trinajstić information content (AvgIpc) is 2.96. The molecule has 1 aromatic rings. The first kappa shape index (κ1) is 9.34. The van der Waals surface area contributed by atoms with Gasteiger partial charge in [0.25, 0.3) is 0 Å². The molecule has 1 aliphatic rings. The van der Waals surface area contributed by atoms with Crippen LogP contribution in [0.5, 0.6) is 11.5 Å². The van der Waals surface area contributed by atoms with E-state index in [2.05, 4.69) is 0 Å². The van der Waals surface area contributed by atoms with Crippen LogP contribution in [0, 0.1) is 0 Å². The third-order valence-electron chi connectivity index (χ3n) is 2.73. The average molecular weight is 193 g/mol. The predicted molar refractivity (Wildman–Crippen MR) is 54.6 cm³/mol. The molecule has 3 heteroatoms. The van der Waals surface area contributed by atoms with E-state index in [1.165, 1.54) is 0 Å². The molecule has 0 saturated heterocycles. The minimum Gasteiger partial charge on any atom is -0.497 e.